The number of aliphatic carboxylic acids is 1. The van der Waals surface area contributed by atoms with E-state index in [1.165, 1.54) is 0 Å². The average Bonchev–Trinajstić information content (AvgIpc) is 2.34. The zero-order chi connectivity index (χ0) is 16.4. The molecule has 0 saturated carbocycles. The number of nitrogens with zero attached hydrogens (tertiary/aromatic N) is 1. The molecule has 1 aliphatic rings. The second kappa shape index (κ2) is 6.19. The maximum absolute atomic E-state index is 11.3. The smallest absolute Gasteiger partial charge is 0.407 e. The van der Waals surface area contributed by atoms with Crippen LogP contribution in [0.4, 0.5) is 4.79 Å². The third-order valence-electron chi connectivity index (χ3n) is 4.38. The van der Waals surface area contributed by atoms with Crippen LogP contribution in [0.2, 0.25) is 18.1 Å². The first-order valence-electron chi connectivity index (χ1n) is 7.01. The van der Waals surface area contributed by atoms with Crippen LogP contribution >= 0.6 is 0 Å². The van der Waals surface area contributed by atoms with Gasteiger partial charge < -0.3 is 14.6 Å². The third kappa shape index (κ3) is 4.31. The first-order valence-corrected chi connectivity index (χ1v) is 9.92. The molecule has 1 heterocycles. The summed E-state index contributed by atoms with van der Waals surface area (Å²) in [5.74, 6) is -1.06. The predicted molar refractivity (Wildman–Crippen MR) is 82.0 cm³/mol. The van der Waals surface area contributed by atoms with Gasteiger partial charge in [0.1, 0.15) is 0 Å². The van der Waals surface area contributed by atoms with Crippen molar-refractivity contribution in [3.05, 3.63) is 11.6 Å². The van der Waals surface area contributed by atoms with E-state index in [4.69, 9.17) is 9.53 Å². The van der Waals surface area contributed by atoms with Gasteiger partial charge in [-0.3, -0.25) is 4.90 Å². The van der Waals surface area contributed by atoms with Crippen LogP contribution in [0.15, 0.2) is 11.6 Å². The lowest BCUT2D eigenvalue weighted by atomic mass is 10.0. The summed E-state index contributed by atoms with van der Waals surface area (Å²) < 4.78 is 6.07. The van der Waals surface area contributed by atoms with E-state index in [1.54, 1.807) is 6.08 Å². The molecule has 0 radical (unpaired) electrons. The number of carbonyl (C=O) groups is 2. The molecule has 0 saturated heterocycles. The molecule has 1 amide bonds. The Bertz CT molecular complexity index is 453. The van der Waals surface area contributed by atoms with Crippen molar-refractivity contribution < 1.29 is 24.2 Å². The highest BCUT2D eigenvalue weighted by atomic mass is 28.4. The Morgan fingerprint density at radius 1 is 1.38 bits per heavy atom. The van der Waals surface area contributed by atoms with Crippen LogP contribution in [0.5, 0.6) is 0 Å². The normalized spacial score (nSPS) is 20.1. The van der Waals surface area contributed by atoms with Crippen molar-refractivity contribution in [1.82, 2.24) is 4.90 Å². The largest absolute Gasteiger partial charge is 0.478 e. The summed E-state index contributed by atoms with van der Waals surface area (Å²) in [6.45, 7) is 10.8. The Kier molecular flexibility index (Phi) is 5.22. The van der Waals surface area contributed by atoms with Crippen molar-refractivity contribution in [2.75, 3.05) is 13.2 Å². The van der Waals surface area contributed by atoms with Crippen molar-refractivity contribution in [3.63, 3.8) is 0 Å². The maximum atomic E-state index is 11.3. The summed E-state index contributed by atoms with van der Waals surface area (Å²) in [5.41, 5.74) is 0.126. The van der Waals surface area contributed by atoms with Crippen LogP contribution in [-0.2, 0) is 9.22 Å². The predicted octanol–water partition coefficient (Wildman–Crippen LogP) is 2.77. The molecule has 120 valence electrons. The van der Waals surface area contributed by atoms with Gasteiger partial charge in [0.05, 0.1) is 24.8 Å². The van der Waals surface area contributed by atoms with Gasteiger partial charge in [-0.05, 0) is 24.6 Å². The molecule has 7 heteroatoms. The first-order chi connectivity index (χ1) is 9.45. The highest BCUT2D eigenvalue weighted by Gasteiger charge is 2.39. The van der Waals surface area contributed by atoms with Crippen LogP contribution in [0, 0.1) is 0 Å². The Morgan fingerprint density at radius 3 is 2.38 bits per heavy atom. The minimum atomic E-state index is -1.95. The van der Waals surface area contributed by atoms with E-state index in [0.29, 0.717) is 13.0 Å². The van der Waals surface area contributed by atoms with Gasteiger partial charge in [-0.15, -0.1) is 0 Å². The van der Waals surface area contributed by atoms with E-state index in [1.807, 2.05) is 0 Å². The van der Waals surface area contributed by atoms with Crippen molar-refractivity contribution in [3.8, 4) is 0 Å². The van der Waals surface area contributed by atoms with Crippen molar-refractivity contribution in [1.29, 1.82) is 0 Å². The Morgan fingerprint density at radius 2 is 1.95 bits per heavy atom. The molecular weight excluding hydrogens is 290 g/mol. The number of carboxylic acid groups (broad SMARTS) is 2. The fourth-order valence-electron chi connectivity index (χ4n) is 1.84. The molecule has 1 aliphatic heterocycles. The topological polar surface area (TPSA) is 87.1 Å². The summed E-state index contributed by atoms with van der Waals surface area (Å²) >= 11 is 0. The minimum absolute atomic E-state index is 0.0534. The Hall–Kier alpha value is -1.34. The number of hydrogen-bond acceptors (Lipinski definition) is 3. The number of carboxylic acids is 1. The van der Waals surface area contributed by atoms with Gasteiger partial charge in [-0.2, -0.15) is 0 Å². The van der Waals surface area contributed by atoms with E-state index in [2.05, 4.69) is 33.9 Å². The second-order valence-electron chi connectivity index (χ2n) is 6.91. The lowest BCUT2D eigenvalue weighted by molar-refractivity contribution is -0.133. The number of amides is 1. The van der Waals surface area contributed by atoms with Crippen LogP contribution in [0.1, 0.15) is 27.2 Å². The van der Waals surface area contributed by atoms with E-state index in [9.17, 15) is 14.7 Å². The SMILES string of the molecule is CC(C)(C)[Si](C)(C)OC[C@@H]1CC=C(C(=O)O)CN1C(=O)O. The highest BCUT2D eigenvalue weighted by molar-refractivity contribution is 6.74. The minimum Gasteiger partial charge on any atom is -0.478 e. The highest BCUT2D eigenvalue weighted by Crippen LogP contribution is 2.37. The summed E-state index contributed by atoms with van der Waals surface area (Å²) in [6, 6.07) is -0.320. The third-order valence-corrected chi connectivity index (χ3v) is 8.88. The van der Waals surface area contributed by atoms with Gasteiger partial charge in [-0.25, -0.2) is 9.59 Å². The zero-order valence-electron chi connectivity index (χ0n) is 13.3. The monoisotopic (exact) mass is 315 g/mol. The average molecular weight is 315 g/mol. The molecular formula is C14H25NO5Si. The molecule has 0 unspecified atom stereocenters. The molecule has 0 aliphatic carbocycles. The summed E-state index contributed by atoms with van der Waals surface area (Å²) in [6.07, 6.45) is 0.870. The Labute approximate surface area is 126 Å². The lowest BCUT2D eigenvalue weighted by Crippen LogP contribution is -2.49. The number of hydrogen-bond donors (Lipinski definition) is 2. The van der Waals surface area contributed by atoms with Gasteiger partial charge in [0.2, 0.25) is 0 Å². The summed E-state index contributed by atoms with van der Waals surface area (Å²) in [7, 11) is -1.95. The molecule has 0 aromatic rings. The summed E-state index contributed by atoms with van der Waals surface area (Å²) in [4.78, 5) is 23.4. The van der Waals surface area contributed by atoms with E-state index in [0.717, 1.165) is 4.90 Å². The van der Waals surface area contributed by atoms with Gasteiger partial charge in [0.25, 0.3) is 0 Å². The maximum Gasteiger partial charge on any atom is 0.407 e. The van der Waals surface area contributed by atoms with Crippen LogP contribution < -0.4 is 0 Å². The fraction of sp³-hybridized carbons (Fsp3) is 0.714. The van der Waals surface area contributed by atoms with Gasteiger partial charge in [0, 0.05) is 0 Å². The molecule has 1 atom stereocenters. The van der Waals surface area contributed by atoms with Gasteiger partial charge in [0.15, 0.2) is 8.32 Å². The van der Waals surface area contributed by atoms with Crippen molar-refractivity contribution in [2.24, 2.45) is 0 Å². The molecule has 0 bridgehead atoms. The second-order valence-corrected chi connectivity index (χ2v) is 11.7. The van der Waals surface area contributed by atoms with Crippen molar-refractivity contribution in [2.45, 2.75) is 51.4 Å². The molecule has 0 spiro atoms. The van der Waals surface area contributed by atoms with Crippen LogP contribution in [0.3, 0.4) is 0 Å². The zero-order valence-corrected chi connectivity index (χ0v) is 14.3. The van der Waals surface area contributed by atoms with Crippen molar-refractivity contribution >= 4 is 20.4 Å². The Balaban J connectivity index is 2.78. The molecule has 1 rings (SSSR count). The molecule has 0 aromatic heterocycles. The van der Waals surface area contributed by atoms with E-state index in [-0.39, 0.29) is 23.2 Å². The standard InChI is InChI=1S/C14H25NO5Si/c1-14(2,3)21(4,5)20-9-11-7-6-10(12(16)17)8-15(11)13(18)19/h6,11H,7-9H2,1-5H3,(H,16,17)(H,18,19)/t11-/m0/s1. The quantitative estimate of drug-likeness (QED) is 0.779. The van der Waals surface area contributed by atoms with Crippen LogP contribution in [0.25, 0.3) is 0 Å². The van der Waals surface area contributed by atoms with Gasteiger partial charge in [-0.1, -0.05) is 26.8 Å². The molecule has 2 N–H and O–H groups in total. The van der Waals surface area contributed by atoms with Gasteiger partial charge >= 0.3 is 12.1 Å². The molecule has 6 nitrogen and oxygen atoms in total. The first kappa shape index (κ1) is 17.7. The molecule has 21 heavy (non-hydrogen) atoms. The van der Waals surface area contributed by atoms with E-state index < -0.39 is 20.4 Å². The molecule has 0 aromatic carbocycles. The van der Waals surface area contributed by atoms with E-state index >= 15 is 0 Å². The number of rotatable bonds is 4. The summed E-state index contributed by atoms with van der Waals surface area (Å²) in [5, 5.41) is 18.3. The molecule has 0 fully saturated rings. The lowest BCUT2D eigenvalue weighted by Gasteiger charge is -2.39. The fourth-order valence-corrected chi connectivity index (χ4v) is 2.88. The van der Waals surface area contributed by atoms with Crippen LogP contribution in [-0.4, -0.2) is 54.7 Å².